The van der Waals surface area contributed by atoms with Crippen molar-refractivity contribution in [2.75, 3.05) is 18.0 Å². The van der Waals surface area contributed by atoms with Gasteiger partial charge in [0.2, 0.25) is 0 Å². The summed E-state index contributed by atoms with van der Waals surface area (Å²) in [5, 5.41) is 6.62. The molecule has 1 aromatic heterocycles. The Morgan fingerprint density at radius 3 is 2.33 bits per heavy atom. The van der Waals surface area contributed by atoms with Crippen molar-refractivity contribution < 1.29 is 13.2 Å². The summed E-state index contributed by atoms with van der Waals surface area (Å²) in [5.74, 6) is 0.435. The van der Waals surface area contributed by atoms with Gasteiger partial charge in [-0.15, -0.1) is 10.2 Å². The highest BCUT2D eigenvalue weighted by atomic mass is 19.4. The first kappa shape index (κ1) is 10.2. The zero-order chi connectivity index (χ0) is 11.1. The molecule has 7 heteroatoms. The van der Waals surface area contributed by atoms with Crippen LogP contribution in [0.15, 0.2) is 12.1 Å². The fourth-order valence-corrected chi connectivity index (χ4v) is 1.34. The first-order chi connectivity index (χ1) is 6.97. The molecule has 0 unspecified atom stereocenters. The molecule has 0 spiro atoms. The highest BCUT2D eigenvalue weighted by molar-refractivity contribution is 5.41. The van der Waals surface area contributed by atoms with E-state index in [1.807, 2.05) is 0 Å². The van der Waals surface area contributed by atoms with Crippen LogP contribution in [-0.2, 0) is 6.18 Å². The average Bonchev–Trinajstić information content (AvgIpc) is 2.12. The Labute approximate surface area is 83.9 Å². The minimum atomic E-state index is -4.43. The number of nitrogens with zero attached hydrogens (tertiary/aromatic N) is 3. The summed E-state index contributed by atoms with van der Waals surface area (Å²) in [6.07, 6.45) is -4.43. The van der Waals surface area contributed by atoms with E-state index in [2.05, 4.69) is 10.2 Å². The number of alkyl halides is 3. The van der Waals surface area contributed by atoms with Crippen molar-refractivity contribution in [3.05, 3.63) is 17.8 Å². The summed E-state index contributed by atoms with van der Waals surface area (Å²) in [4.78, 5) is 1.78. The van der Waals surface area contributed by atoms with Crippen molar-refractivity contribution in [3.8, 4) is 0 Å². The van der Waals surface area contributed by atoms with Crippen LogP contribution in [0.5, 0.6) is 0 Å². The van der Waals surface area contributed by atoms with Crippen LogP contribution in [0.2, 0.25) is 0 Å². The molecule has 1 aliphatic rings. The number of rotatable bonds is 1. The van der Waals surface area contributed by atoms with E-state index in [9.17, 15) is 13.2 Å². The number of hydrogen-bond acceptors (Lipinski definition) is 4. The summed E-state index contributed by atoms with van der Waals surface area (Å²) >= 11 is 0. The second kappa shape index (κ2) is 3.34. The molecule has 2 N–H and O–H groups in total. The standard InChI is InChI=1S/C8H9F3N4/c9-8(10,11)6-1-2-7(14-13-6)15-3-5(12)4-15/h1-2,5H,3-4,12H2. The van der Waals surface area contributed by atoms with E-state index in [0.29, 0.717) is 18.9 Å². The highest BCUT2D eigenvalue weighted by Crippen LogP contribution is 2.28. The first-order valence-corrected chi connectivity index (χ1v) is 4.38. The topological polar surface area (TPSA) is 55.0 Å². The first-order valence-electron chi connectivity index (χ1n) is 4.38. The van der Waals surface area contributed by atoms with Gasteiger partial charge in [-0.3, -0.25) is 0 Å². The predicted molar refractivity (Wildman–Crippen MR) is 47.2 cm³/mol. The minimum absolute atomic E-state index is 0.0779. The SMILES string of the molecule is NC1CN(c2ccc(C(F)(F)F)nn2)C1. The van der Waals surface area contributed by atoms with Crippen LogP contribution in [-0.4, -0.2) is 29.3 Å². The van der Waals surface area contributed by atoms with E-state index >= 15 is 0 Å². The Morgan fingerprint density at radius 1 is 1.27 bits per heavy atom. The molecule has 82 valence electrons. The lowest BCUT2D eigenvalue weighted by Crippen LogP contribution is -2.56. The van der Waals surface area contributed by atoms with Gasteiger partial charge in [-0.05, 0) is 12.1 Å². The number of anilines is 1. The molecule has 4 nitrogen and oxygen atoms in total. The van der Waals surface area contributed by atoms with Gasteiger partial charge in [-0.2, -0.15) is 13.2 Å². The number of aromatic nitrogens is 2. The summed E-state index contributed by atoms with van der Waals surface area (Å²) in [5.41, 5.74) is 4.56. The Bertz CT molecular complexity index is 342. The second-order valence-electron chi connectivity index (χ2n) is 3.44. The Balaban J connectivity index is 2.11. The van der Waals surface area contributed by atoms with Crippen LogP contribution in [0.4, 0.5) is 19.0 Å². The van der Waals surface area contributed by atoms with Gasteiger partial charge >= 0.3 is 6.18 Å². The molecule has 0 bridgehead atoms. The molecule has 0 amide bonds. The maximum atomic E-state index is 12.1. The summed E-state index contributed by atoms with van der Waals surface area (Å²) in [6.45, 7) is 1.22. The third-order valence-electron chi connectivity index (χ3n) is 2.17. The monoisotopic (exact) mass is 218 g/mol. The van der Waals surface area contributed by atoms with Crippen LogP contribution < -0.4 is 10.6 Å². The van der Waals surface area contributed by atoms with Crippen molar-refractivity contribution in [1.29, 1.82) is 0 Å². The summed E-state index contributed by atoms with van der Waals surface area (Å²) < 4.78 is 36.4. The predicted octanol–water partition coefficient (Wildman–Crippen LogP) is 0.643. The van der Waals surface area contributed by atoms with Crippen molar-refractivity contribution in [2.24, 2.45) is 5.73 Å². The van der Waals surface area contributed by atoms with E-state index < -0.39 is 11.9 Å². The van der Waals surface area contributed by atoms with Crippen LogP contribution >= 0.6 is 0 Å². The molecule has 1 fully saturated rings. The van der Waals surface area contributed by atoms with Crippen LogP contribution in [0.3, 0.4) is 0 Å². The molecule has 1 aromatic rings. The molecule has 0 aliphatic carbocycles. The molecule has 2 rings (SSSR count). The second-order valence-corrected chi connectivity index (χ2v) is 3.44. The largest absolute Gasteiger partial charge is 0.435 e. The van der Waals surface area contributed by atoms with Crippen LogP contribution in [0.25, 0.3) is 0 Å². The van der Waals surface area contributed by atoms with Crippen LogP contribution in [0.1, 0.15) is 5.69 Å². The Kier molecular flexibility index (Phi) is 2.26. The van der Waals surface area contributed by atoms with Gasteiger partial charge in [-0.25, -0.2) is 0 Å². The lowest BCUT2D eigenvalue weighted by atomic mass is 10.1. The Hall–Kier alpha value is -1.37. The van der Waals surface area contributed by atoms with E-state index in [-0.39, 0.29) is 6.04 Å². The molecule has 2 heterocycles. The maximum absolute atomic E-state index is 12.1. The zero-order valence-electron chi connectivity index (χ0n) is 7.70. The molecule has 0 saturated carbocycles. The smallest absolute Gasteiger partial charge is 0.352 e. The van der Waals surface area contributed by atoms with Gasteiger partial charge in [0, 0.05) is 19.1 Å². The van der Waals surface area contributed by atoms with Gasteiger partial charge in [0.05, 0.1) is 0 Å². The van der Waals surface area contributed by atoms with E-state index in [0.717, 1.165) is 6.07 Å². The average molecular weight is 218 g/mol. The van der Waals surface area contributed by atoms with Crippen molar-refractivity contribution in [3.63, 3.8) is 0 Å². The zero-order valence-corrected chi connectivity index (χ0v) is 7.70. The molecule has 0 radical (unpaired) electrons. The maximum Gasteiger partial charge on any atom is 0.435 e. The third-order valence-corrected chi connectivity index (χ3v) is 2.17. The van der Waals surface area contributed by atoms with Crippen LogP contribution in [0, 0.1) is 0 Å². The molecular formula is C8H9F3N4. The summed E-state index contributed by atoms with van der Waals surface area (Å²) in [6, 6.07) is 2.31. The summed E-state index contributed by atoms with van der Waals surface area (Å²) in [7, 11) is 0. The molecule has 15 heavy (non-hydrogen) atoms. The molecule has 0 atom stereocenters. The van der Waals surface area contributed by atoms with E-state index in [1.165, 1.54) is 6.07 Å². The fraction of sp³-hybridized carbons (Fsp3) is 0.500. The van der Waals surface area contributed by atoms with E-state index in [4.69, 9.17) is 5.73 Å². The minimum Gasteiger partial charge on any atom is -0.352 e. The molecular weight excluding hydrogens is 209 g/mol. The number of nitrogens with two attached hydrogens (primary N) is 1. The lowest BCUT2D eigenvalue weighted by molar-refractivity contribution is -0.141. The Morgan fingerprint density at radius 2 is 1.93 bits per heavy atom. The van der Waals surface area contributed by atoms with Crippen molar-refractivity contribution in [2.45, 2.75) is 12.2 Å². The van der Waals surface area contributed by atoms with Gasteiger partial charge in [-0.1, -0.05) is 0 Å². The van der Waals surface area contributed by atoms with Gasteiger partial charge in [0.1, 0.15) is 0 Å². The number of halogens is 3. The van der Waals surface area contributed by atoms with Gasteiger partial charge in [0.15, 0.2) is 11.5 Å². The molecule has 1 saturated heterocycles. The lowest BCUT2D eigenvalue weighted by Gasteiger charge is -2.37. The molecule has 1 aliphatic heterocycles. The van der Waals surface area contributed by atoms with E-state index in [1.54, 1.807) is 4.90 Å². The number of hydrogen-bond donors (Lipinski definition) is 1. The van der Waals surface area contributed by atoms with Gasteiger partial charge in [0.25, 0.3) is 0 Å². The third kappa shape index (κ3) is 2.01. The highest BCUT2D eigenvalue weighted by Gasteiger charge is 2.33. The van der Waals surface area contributed by atoms with Gasteiger partial charge < -0.3 is 10.6 Å². The normalized spacial score (nSPS) is 17.7. The fourth-order valence-electron chi connectivity index (χ4n) is 1.34. The molecule has 0 aromatic carbocycles. The van der Waals surface area contributed by atoms with Crippen molar-refractivity contribution >= 4 is 5.82 Å². The van der Waals surface area contributed by atoms with Crippen molar-refractivity contribution in [1.82, 2.24) is 10.2 Å². The quantitative estimate of drug-likeness (QED) is 0.751.